The van der Waals surface area contributed by atoms with Gasteiger partial charge in [-0.15, -0.1) is 0 Å². The van der Waals surface area contributed by atoms with E-state index >= 15 is 0 Å². The van der Waals surface area contributed by atoms with Gasteiger partial charge in [-0.1, -0.05) is 38.1 Å². The lowest BCUT2D eigenvalue weighted by molar-refractivity contribution is 0.111. The number of hydrogen-bond donors (Lipinski definition) is 4. The van der Waals surface area contributed by atoms with Gasteiger partial charge in [0.25, 0.3) is 0 Å². The molecule has 0 bridgehead atoms. The Balaban J connectivity index is 1.42. The molecule has 5 N–H and O–H groups in total. The molecule has 2 heterocycles. The second-order valence-electron chi connectivity index (χ2n) is 9.31. The van der Waals surface area contributed by atoms with E-state index in [-0.39, 0.29) is 0 Å². The first-order chi connectivity index (χ1) is 17.0. The molecule has 0 saturated carbocycles. The topological polar surface area (TPSA) is 104 Å². The van der Waals surface area contributed by atoms with Crippen LogP contribution in [-0.4, -0.2) is 79.9 Å². The summed E-state index contributed by atoms with van der Waals surface area (Å²) in [4.78, 5) is 13.8. The number of hydrogen-bond acceptors (Lipinski definition) is 9. The number of nitrogen functional groups attached to an aromatic ring is 1. The molecule has 1 aromatic carbocycles. The van der Waals surface area contributed by atoms with Gasteiger partial charge in [-0.05, 0) is 37.6 Å². The van der Waals surface area contributed by atoms with Crippen molar-refractivity contribution in [2.24, 2.45) is 0 Å². The van der Waals surface area contributed by atoms with Gasteiger partial charge in [0.05, 0.1) is 6.61 Å². The minimum absolute atomic E-state index is 0.487. The van der Waals surface area contributed by atoms with Gasteiger partial charge in [0.1, 0.15) is 11.6 Å². The van der Waals surface area contributed by atoms with Crippen LogP contribution in [0.3, 0.4) is 0 Å². The van der Waals surface area contributed by atoms with Crippen molar-refractivity contribution in [3.8, 4) is 0 Å². The van der Waals surface area contributed by atoms with Crippen LogP contribution in [0.25, 0.3) is 0 Å². The summed E-state index contributed by atoms with van der Waals surface area (Å²) in [5.74, 6) is 1.94. The fourth-order valence-electron chi connectivity index (χ4n) is 4.03. The van der Waals surface area contributed by atoms with E-state index in [1.54, 1.807) is 0 Å². The van der Waals surface area contributed by atoms with Crippen molar-refractivity contribution < 1.29 is 4.74 Å². The van der Waals surface area contributed by atoms with Crippen LogP contribution in [0.5, 0.6) is 0 Å². The molecule has 1 saturated heterocycles. The fraction of sp³-hybridized carbons (Fsp3) is 0.615. The van der Waals surface area contributed by atoms with Crippen molar-refractivity contribution in [2.45, 2.75) is 46.3 Å². The second-order valence-corrected chi connectivity index (χ2v) is 9.31. The first kappa shape index (κ1) is 27.1. The normalized spacial score (nSPS) is 14.6. The predicted molar refractivity (Wildman–Crippen MR) is 145 cm³/mol. The van der Waals surface area contributed by atoms with Crippen LogP contribution in [0, 0.1) is 0 Å². The Morgan fingerprint density at radius 2 is 1.71 bits per heavy atom. The number of anilines is 3. The quantitative estimate of drug-likeness (QED) is 0.284. The second kappa shape index (κ2) is 14.8. The highest BCUT2D eigenvalue weighted by Crippen LogP contribution is 2.19. The van der Waals surface area contributed by atoms with Crippen molar-refractivity contribution in [2.75, 3.05) is 75.0 Å². The highest BCUT2D eigenvalue weighted by Gasteiger charge is 2.19. The van der Waals surface area contributed by atoms with Crippen LogP contribution < -0.4 is 26.6 Å². The lowest BCUT2D eigenvalue weighted by Gasteiger charge is -2.35. The molecular formula is C26H44N8O. The molecule has 194 valence electrons. The minimum atomic E-state index is 0.487. The molecule has 0 atom stereocenters. The van der Waals surface area contributed by atoms with Gasteiger partial charge in [0.2, 0.25) is 5.95 Å². The number of nitrogens with one attached hydrogen (secondary N) is 3. The lowest BCUT2D eigenvalue weighted by Crippen LogP contribution is -2.47. The molecule has 0 radical (unpaired) electrons. The molecule has 1 aromatic heterocycles. The number of ether oxygens (including phenoxy) is 1. The Morgan fingerprint density at radius 3 is 2.40 bits per heavy atom. The van der Waals surface area contributed by atoms with Gasteiger partial charge in [0.15, 0.2) is 0 Å². The summed E-state index contributed by atoms with van der Waals surface area (Å²) < 4.78 is 5.48. The zero-order chi connectivity index (χ0) is 24.9. The molecular weight excluding hydrogens is 440 g/mol. The number of aromatic nitrogens is 2. The molecule has 9 heteroatoms. The van der Waals surface area contributed by atoms with Crippen LogP contribution >= 0.6 is 0 Å². The Kier molecular flexibility index (Phi) is 11.5. The Hall–Kier alpha value is -2.46. The van der Waals surface area contributed by atoms with Crippen LogP contribution in [0.2, 0.25) is 0 Å². The SMILES string of the molecule is CCOCCN1CCN(c2cc(N)nc(NCc3ccc(CNCCCNC(C)C)cc3)n2)CC1. The first-order valence-electron chi connectivity index (χ1n) is 13.0. The van der Waals surface area contributed by atoms with E-state index in [4.69, 9.17) is 15.5 Å². The maximum absolute atomic E-state index is 6.10. The standard InChI is InChI=1S/C26H44N8O/c1-4-35-17-16-33-12-14-34(15-13-33)25-18-24(27)31-26(32-25)30-20-23-8-6-22(7-9-23)19-28-10-5-11-29-21(2)3/h6-9,18,21,28-29H,4-5,10-17,19-20H2,1-3H3,(H3,27,30,31,32). The average Bonchev–Trinajstić information content (AvgIpc) is 2.86. The number of benzene rings is 1. The third-order valence-corrected chi connectivity index (χ3v) is 6.07. The van der Waals surface area contributed by atoms with Gasteiger partial charge in [0, 0.05) is 64.5 Å². The third kappa shape index (κ3) is 9.97. The number of nitrogens with zero attached hydrogens (tertiary/aromatic N) is 4. The summed E-state index contributed by atoms with van der Waals surface area (Å²) in [6.45, 7) is 16.4. The van der Waals surface area contributed by atoms with Crippen molar-refractivity contribution in [1.29, 1.82) is 0 Å². The van der Waals surface area contributed by atoms with Crippen LogP contribution in [0.4, 0.5) is 17.6 Å². The lowest BCUT2D eigenvalue weighted by atomic mass is 10.1. The van der Waals surface area contributed by atoms with Crippen LogP contribution in [0.15, 0.2) is 30.3 Å². The molecule has 1 fully saturated rings. The van der Waals surface area contributed by atoms with E-state index in [0.29, 0.717) is 24.4 Å². The van der Waals surface area contributed by atoms with E-state index in [0.717, 1.165) is 77.8 Å². The molecule has 1 aliphatic rings. The Labute approximate surface area is 210 Å². The Morgan fingerprint density at radius 1 is 1.00 bits per heavy atom. The summed E-state index contributed by atoms with van der Waals surface area (Å²) >= 11 is 0. The molecule has 0 aliphatic carbocycles. The Bertz CT molecular complexity index is 853. The summed E-state index contributed by atoms with van der Waals surface area (Å²) in [7, 11) is 0. The van der Waals surface area contributed by atoms with Gasteiger partial charge in [-0.25, -0.2) is 0 Å². The zero-order valence-electron chi connectivity index (χ0n) is 21.7. The van der Waals surface area contributed by atoms with Crippen LogP contribution in [0.1, 0.15) is 38.3 Å². The minimum Gasteiger partial charge on any atom is -0.383 e. The first-order valence-corrected chi connectivity index (χ1v) is 13.0. The van der Waals surface area contributed by atoms with Crippen molar-refractivity contribution in [3.63, 3.8) is 0 Å². The molecule has 1 aliphatic heterocycles. The van der Waals surface area contributed by atoms with E-state index in [1.807, 2.05) is 13.0 Å². The van der Waals surface area contributed by atoms with Crippen LogP contribution in [-0.2, 0) is 17.8 Å². The molecule has 35 heavy (non-hydrogen) atoms. The molecule has 2 aromatic rings. The third-order valence-electron chi connectivity index (χ3n) is 6.07. The average molecular weight is 485 g/mol. The molecule has 0 spiro atoms. The number of rotatable bonds is 15. The zero-order valence-corrected chi connectivity index (χ0v) is 21.7. The monoisotopic (exact) mass is 484 g/mol. The summed E-state index contributed by atoms with van der Waals surface area (Å²) in [5.41, 5.74) is 8.57. The molecule has 9 nitrogen and oxygen atoms in total. The molecule has 3 rings (SSSR count). The summed E-state index contributed by atoms with van der Waals surface area (Å²) in [6.07, 6.45) is 1.13. The van der Waals surface area contributed by atoms with E-state index in [1.165, 1.54) is 11.1 Å². The smallest absolute Gasteiger partial charge is 0.226 e. The van der Waals surface area contributed by atoms with E-state index in [2.05, 4.69) is 68.8 Å². The molecule has 0 unspecified atom stereocenters. The highest BCUT2D eigenvalue weighted by atomic mass is 16.5. The maximum Gasteiger partial charge on any atom is 0.226 e. The summed E-state index contributed by atoms with van der Waals surface area (Å²) in [6, 6.07) is 11.1. The summed E-state index contributed by atoms with van der Waals surface area (Å²) in [5, 5.41) is 10.3. The van der Waals surface area contributed by atoms with Crippen molar-refractivity contribution in [3.05, 3.63) is 41.5 Å². The van der Waals surface area contributed by atoms with Gasteiger partial charge >= 0.3 is 0 Å². The van der Waals surface area contributed by atoms with E-state index in [9.17, 15) is 0 Å². The van der Waals surface area contributed by atoms with Crippen molar-refractivity contribution >= 4 is 17.6 Å². The number of piperazine rings is 1. The van der Waals surface area contributed by atoms with Gasteiger partial charge in [-0.3, -0.25) is 4.90 Å². The largest absolute Gasteiger partial charge is 0.383 e. The maximum atomic E-state index is 6.10. The number of nitrogens with two attached hydrogens (primary N) is 1. The predicted octanol–water partition coefficient (Wildman–Crippen LogP) is 2.31. The van der Waals surface area contributed by atoms with Gasteiger partial charge < -0.3 is 31.3 Å². The van der Waals surface area contributed by atoms with Crippen molar-refractivity contribution in [1.82, 2.24) is 25.5 Å². The van der Waals surface area contributed by atoms with E-state index < -0.39 is 0 Å². The molecule has 0 amide bonds. The highest BCUT2D eigenvalue weighted by molar-refractivity contribution is 5.52. The fourth-order valence-corrected chi connectivity index (χ4v) is 4.03. The van der Waals surface area contributed by atoms with Gasteiger partial charge in [-0.2, -0.15) is 9.97 Å².